The van der Waals surface area contributed by atoms with Crippen molar-refractivity contribution in [3.63, 3.8) is 0 Å². The van der Waals surface area contributed by atoms with Gasteiger partial charge >= 0.3 is 0 Å². The molecule has 0 fully saturated rings. The van der Waals surface area contributed by atoms with Crippen molar-refractivity contribution in [1.29, 1.82) is 0 Å². The third-order valence-corrected chi connectivity index (χ3v) is 5.49. The molecule has 0 atom stereocenters. The summed E-state index contributed by atoms with van der Waals surface area (Å²) in [7, 11) is 0. The Balaban J connectivity index is 1.95. The van der Waals surface area contributed by atoms with Crippen molar-refractivity contribution < 1.29 is 9.72 Å². The van der Waals surface area contributed by atoms with Crippen LogP contribution in [0, 0.1) is 29.9 Å². The van der Waals surface area contributed by atoms with Crippen LogP contribution in [0.1, 0.15) is 25.0 Å². The summed E-state index contributed by atoms with van der Waals surface area (Å²) < 4.78 is 0.668. The lowest BCUT2D eigenvalue weighted by molar-refractivity contribution is -0.384. The molecule has 0 bridgehead atoms. The van der Waals surface area contributed by atoms with Crippen molar-refractivity contribution in [2.24, 2.45) is 5.92 Å². The zero-order chi connectivity index (χ0) is 19.3. The van der Waals surface area contributed by atoms with Crippen LogP contribution in [0.5, 0.6) is 0 Å². The van der Waals surface area contributed by atoms with Crippen molar-refractivity contribution in [2.45, 2.75) is 32.0 Å². The average Bonchev–Trinajstić information content (AvgIpc) is 3.02. The first-order valence-corrected chi connectivity index (χ1v) is 9.82. The molecule has 0 saturated carbocycles. The molecule has 10 heteroatoms. The number of nitrogens with zero attached hydrogens (tertiary/aromatic N) is 3. The van der Waals surface area contributed by atoms with Gasteiger partial charge in [0.25, 0.3) is 5.69 Å². The summed E-state index contributed by atoms with van der Waals surface area (Å²) in [5, 5.41) is 25.7. The second-order valence-corrected chi connectivity index (χ2v) is 8.40. The minimum Gasteiger partial charge on any atom is -0.360 e. The number of carbonyl (C=O) groups excluding carboxylic acids is 1. The summed E-state index contributed by atoms with van der Waals surface area (Å²) >= 11 is 2.62. The maximum Gasteiger partial charge on any atom is 0.293 e. The number of nitrogens with one attached hydrogen (secondary N) is 2. The molecule has 1 aromatic carbocycles. The molecule has 0 radical (unpaired) electrons. The van der Waals surface area contributed by atoms with Crippen LogP contribution in [0.15, 0.2) is 16.5 Å². The number of rotatable bonds is 8. The summed E-state index contributed by atoms with van der Waals surface area (Å²) in [6.45, 7) is 8.64. The van der Waals surface area contributed by atoms with Crippen LogP contribution in [-0.2, 0) is 4.79 Å². The molecule has 1 heterocycles. The Morgan fingerprint density at radius 2 is 2.00 bits per heavy atom. The topological polar surface area (TPSA) is 110 Å². The van der Waals surface area contributed by atoms with E-state index in [1.165, 1.54) is 29.2 Å². The molecule has 0 saturated heterocycles. The minimum atomic E-state index is -0.493. The molecule has 0 aliphatic rings. The van der Waals surface area contributed by atoms with E-state index in [0.29, 0.717) is 15.4 Å². The predicted octanol–water partition coefficient (Wildman–Crippen LogP) is 3.86. The van der Waals surface area contributed by atoms with Crippen molar-refractivity contribution >= 4 is 45.5 Å². The van der Waals surface area contributed by atoms with Gasteiger partial charge in [-0.1, -0.05) is 36.9 Å². The van der Waals surface area contributed by atoms with Crippen LogP contribution in [0.3, 0.4) is 0 Å². The first-order chi connectivity index (χ1) is 12.3. The Hall–Kier alpha value is -2.20. The molecule has 2 N–H and O–H groups in total. The number of nitro benzene ring substituents is 1. The molecule has 26 heavy (non-hydrogen) atoms. The Kier molecular flexibility index (Phi) is 6.92. The molecular weight excluding hydrogens is 374 g/mol. The van der Waals surface area contributed by atoms with Crippen LogP contribution in [-0.4, -0.2) is 33.3 Å². The van der Waals surface area contributed by atoms with E-state index in [1.807, 2.05) is 6.92 Å². The number of thioether (sulfide) groups is 1. The highest BCUT2D eigenvalue weighted by Crippen LogP contribution is 2.29. The minimum absolute atomic E-state index is 0.100. The highest BCUT2D eigenvalue weighted by molar-refractivity contribution is 8.01. The molecule has 2 rings (SSSR count). The number of aryl methyl sites for hydroxylation is 2. The lowest BCUT2D eigenvalue weighted by Gasteiger charge is -2.08. The van der Waals surface area contributed by atoms with Crippen molar-refractivity contribution in [3.8, 4) is 0 Å². The van der Waals surface area contributed by atoms with Crippen molar-refractivity contribution in [1.82, 2.24) is 10.2 Å². The average molecular weight is 396 g/mol. The van der Waals surface area contributed by atoms with E-state index in [-0.39, 0.29) is 23.0 Å². The smallest absolute Gasteiger partial charge is 0.293 e. The molecule has 2 aromatic rings. The third-order valence-electron chi connectivity index (χ3n) is 3.48. The molecule has 1 aromatic heterocycles. The summed E-state index contributed by atoms with van der Waals surface area (Å²) in [6.07, 6.45) is 0. The Labute approximate surface area is 159 Å². The molecular formula is C16H21N5O3S2. The van der Waals surface area contributed by atoms with Crippen LogP contribution in [0.2, 0.25) is 0 Å². The second-order valence-electron chi connectivity index (χ2n) is 6.20. The number of benzene rings is 1. The van der Waals surface area contributed by atoms with E-state index < -0.39 is 4.92 Å². The van der Waals surface area contributed by atoms with E-state index in [1.54, 1.807) is 13.0 Å². The Morgan fingerprint density at radius 1 is 1.31 bits per heavy atom. The normalized spacial score (nSPS) is 10.8. The van der Waals surface area contributed by atoms with E-state index in [4.69, 9.17) is 0 Å². The summed E-state index contributed by atoms with van der Waals surface area (Å²) in [4.78, 5) is 22.9. The first-order valence-electron chi connectivity index (χ1n) is 8.02. The van der Waals surface area contributed by atoms with Gasteiger partial charge in [0.2, 0.25) is 11.0 Å². The zero-order valence-corrected chi connectivity index (χ0v) is 16.7. The molecule has 0 unspecified atom stereocenters. The molecule has 140 valence electrons. The van der Waals surface area contributed by atoms with Crippen molar-refractivity contribution in [3.05, 3.63) is 33.4 Å². The van der Waals surface area contributed by atoms with Crippen LogP contribution >= 0.6 is 23.1 Å². The number of carbonyl (C=O) groups is 1. The number of amides is 1. The van der Waals surface area contributed by atoms with Gasteiger partial charge in [-0.15, -0.1) is 10.2 Å². The predicted molar refractivity (Wildman–Crippen MR) is 105 cm³/mol. The van der Waals surface area contributed by atoms with Gasteiger partial charge in [0.05, 0.1) is 10.7 Å². The van der Waals surface area contributed by atoms with Gasteiger partial charge in [0, 0.05) is 12.6 Å². The Bertz CT molecular complexity index is 807. The first kappa shape index (κ1) is 20.1. The fourth-order valence-electron chi connectivity index (χ4n) is 2.00. The zero-order valence-electron chi connectivity index (χ0n) is 15.0. The standard InChI is InChI=1S/C16H21N5O3S2/c1-9(2)7-17-15-19-20-16(26-15)25-8-14(22)18-12-5-10(3)11(4)6-13(12)21(23)24/h5-6,9H,7-8H2,1-4H3,(H,17,19)(H,18,22). The van der Waals surface area contributed by atoms with Crippen molar-refractivity contribution in [2.75, 3.05) is 22.9 Å². The second kappa shape index (κ2) is 8.95. The van der Waals surface area contributed by atoms with Gasteiger partial charge in [0.1, 0.15) is 5.69 Å². The van der Waals surface area contributed by atoms with Crippen LogP contribution < -0.4 is 10.6 Å². The number of aromatic nitrogens is 2. The molecule has 8 nitrogen and oxygen atoms in total. The molecule has 1 amide bonds. The summed E-state index contributed by atoms with van der Waals surface area (Å²) in [5.74, 6) is 0.269. The molecule has 0 aliphatic carbocycles. The van der Waals surface area contributed by atoms with Gasteiger partial charge in [-0.25, -0.2) is 0 Å². The summed E-state index contributed by atoms with van der Waals surface area (Å²) in [6, 6.07) is 3.09. The van der Waals surface area contributed by atoms with E-state index >= 15 is 0 Å². The number of nitro groups is 1. The monoisotopic (exact) mass is 395 g/mol. The fraction of sp³-hybridized carbons (Fsp3) is 0.438. The number of anilines is 2. The highest BCUT2D eigenvalue weighted by Gasteiger charge is 2.18. The number of hydrogen-bond donors (Lipinski definition) is 2. The highest BCUT2D eigenvalue weighted by atomic mass is 32.2. The van der Waals surface area contributed by atoms with Gasteiger partial charge in [0.15, 0.2) is 4.34 Å². The van der Waals surface area contributed by atoms with Crippen LogP contribution in [0.25, 0.3) is 0 Å². The summed E-state index contributed by atoms with van der Waals surface area (Å²) in [5.41, 5.74) is 1.78. The van der Waals surface area contributed by atoms with Gasteiger partial charge in [-0.2, -0.15) is 0 Å². The van der Waals surface area contributed by atoms with E-state index in [2.05, 4.69) is 34.7 Å². The lowest BCUT2D eigenvalue weighted by Crippen LogP contribution is -2.15. The largest absolute Gasteiger partial charge is 0.360 e. The fourth-order valence-corrected chi connectivity index (χ4v) is 3.56. The van der Waals surface area contributed by atoms with Gasteiger partial charge in [-0.05, 0) is 37.0 Å². The quantitative estimate of drug-likeness (QED) is 0.397. The lowest BCUT2D eigenvalue weighted by atomic mass is 10.1. The maximum atomic E-state index is 12.2. The maximum absolute atomic E-state index is 12.2. The van der Waals surface area contributed by atoms with E-state index in [9.17, 15) is 14.9 Å². The Morgan fingerprint density at radius 3 is 2.65 bits per heavy atom. The SMILES string of the molecule is Cc1cc(NC(=O)CSc2nnc(NCC(C)C)s2)c([N+](=O)[O-])cc1C. The molecule has 0 spiro atoms. The number of hydrogen-bond acceptors (Lipinski definition) is 8. The third kappa shape index (κ3) is 5.67. The molecule has 0 aliphatic heterocycles. The van der Waals surface area contributed by atoms with Crippen LogP contribution in [0.4, 0.5) is 16.5 Å². The van der Waals surface area contributed by atoms with E-state index in [0.717, 1.165) is 17.7 Å². The van der Waals surface area contributed by atoms with Gasteiger partial charge in [-0.3, -0.25) is 14.9 Å². The van der Waals surface area contributed by atoms with Gasteiger partial charge < -0.3 is 10.6 Å².